The lowest BCUT2D eigenvalue weighted by atomic mass is 9.76. The minimum atomic E-state index is -1.21. The fraction of sp³-hybridized carbons (Fsp3) is 0.211. The van der Waals surface area contributed by atoms with E-state index in [0.29, 0.717) is 10.6 Å². The van der Waals surface area contributed by atoms with Gasteiger partial charge in [0.1, 0.15) is 0 Å². The van der Waals surface area contributed by atoms with E-state index in [1.54, 1.807) is 18.2 Å². The average molecular weight is 370 g/mol. The summed E-state index contributed by atoms with van der Waals surface area (Å²) in [4.78, 5) is 21.9. The lowest BCUT2D eigenvalue weighted by Gasteiger charge is -2.38. The van der Waals surface area contributed by atoms with E-state index in [-0.39, 0.29) is 29.1 Å². The standard InChI is InChI=1S/C19H15ClN2O4/c20-16-6-5-11(22(25)26)9-15(16)18-13-3-1-2-12(13)14-8-10(19(23)24)4-7-17(14)21-18/h1-2,4-9,12-13,18,21H,3H2,(H,23,24)/p-1/t12-,13+,18-/m1/s1. The molecule has 2 aromatic carbocycles. The van der Waals surface area contributed by atoms with Gasteiger partial charge in [0.25, 0.3) is 5.69 Å². The third-order valence-corrected chi connectivity index (χ3v) is 5.47. The Morgan fingerprint density at radius 2 is 2.00 bits per heavy atom. The van der Waals surface area contributed by atoms with Crippen LogP contribution in [-0.4, -0.2) is 10.9 Å². The van der Waals surface area contributed by atoms with E-state index in [0.717, 1.165) is 17.7 Å². The van der Waals surface area contributed by atoms with Gasteiger partial charge >= 0.3 is 0 Å². The summed E-state index contributed by atoms with van der Waals surface area (Å²) in [5, 5.41) is 26.2. The molecule has 0 aromatic heterocycles. The molecule has 0 fully saturated rings. The second kappa shape index (κ2) is 6.14. The molecule has 0 radical (unpaired) electrons. The number of hydrogen-bond donors (Lipinski definition) is 1. The molecule has 1 aliphatic heterocycles. The largest absolute Gasteiger partial charge is 0.545 e. The van der Waals surface area contributed by atoms with Crippen LogP contribution in [-0.2, 0) is 0 Å². The van der Waals surface area contributed by atoms with Crippen LogP contribution in [0.3, 0.4) is 0 Å². The van der Waals surface area contributed by atoms with Crippen molar-refractivity contribution in [2.45, 2.75) is 18.4 Å². The van der Waals surface area contributed by atoms with Crippen molar-refractivity contribution in [1.29, 1.82) is 0 Å². The van der Waals surface area contributed by atoms with Gasteiger partial charge in [-0.15, -0.1) is 0 Å². The van der Waals surface area contributed by atoms with Crippen LogP contribution < -0.4 is 10.4 Å². The molecule has 132 valence electrons. The Labute approximate surface area is 154 Å². The SMILES string of the molecule is O=C([O-])c1ccc2c(c1)[C@@H]1C=CC[C@@H]1[C@H](c1cc([N+](=O)[O-])ccc1Cl)N2. The molecule has 0 bridgehead atoms. The summed E-state index contributed by atoms with van der Waals surface area (Å²) in [6, 6.07) is 9.07. The number of allylic oxidation sites excluding steroid dienone is 2. The van der Waals surface area contributed by atoms with E-state index in [1.807, 2.05) is 0 Å². The summed E-state index contributed by atoms with van der Waals surface area (Å²) >= 11 is 6.35. The van der Waals surface area contributed by atoms with Gasteiger partial charge in [-0.25, -0.2) is 0 Å². The van der Waals surface area contributed by atoms with Crippen LogP contribution >= 0.6 is 11.6 Å². The first kappa shape index (κ1) is 16.6. The number of rotatable bonds is 3. The molecule has 0 amide bonds. The van der Waals surface area contributed by atoms with Crippen molar-refractivity contribution < 1.29 is 14.8 Å². The summed E-state index contributed by atoms with van der Waals surface area (Å²) in [6.07, 6.45) is 4.88. The molecule has 6 nitrogen and oxygen atoms in total. The number of carboxylic acids is 1. The third kappa shape index (κ3) is 2.63. The van der Waals surface area contributed by atoms with Gasteiger partial charge in [-0.1, -0.05) is 29.8 Å². The van der Waals surface area contributed by atoms with Crippen LogP contribution in [0.5, 0.6) is 0 Å². The van der Waals surface area contributed by atoms with Crippen LogP contribution in [0.1, 0.15) is 39.9 Å². The number of hydrogen-bond acceptors (Lipinski definition) is 5. The van der Waals surface area contributed by atoms with Crippen molar-refractivity contribution in [2.24, 2.45) is 5.92 Å². The second-order valence-electron chi connectivity index (χ2n) is 6.53. The highest BCUT2D eigenvalue weighted by molar-refractivity contribution is 6.31. The number of nitro benzene ring substituents is 1. The molecule has 3 atom stereocenters. The number of nitrogens with one attached hydrogen (secondary N) is 1. The maximum absolute atomic E-state index is 11.2. The van der Waals surface area contributed by atoms with E-state index >= 15 is 0 Å². The van der Waals surface area contributed by atoms with Crippen molar-refractivity contribution in [2.75, 3.05) is 5.32 Å². The lowest BCUT2D eigenvalue weighted by Crippen LogP contribution is -2.30. The number of carboxylic acid groups (broad SMARTS) is 1. The number of fused-ring (bicyclic) bond motifs is 3. The van der Waals surface area contributed by atoms with Crippen LogP contribution in [0.25, 0.3) is 0 Å². The van der Waals surface area contributed by atoms with Gasteiger partial charge in [0.05, 0.1) is 16.9 Å². The molecule has 0 saturated carbocycles. The minimum Gasteiger partial charge on any atom is -0.545 e. The van der Waals surface area contributed by atoms with E-state index in [4.69, 9.17) is 11.6 Å². The zero-order valence-electron chi connectivity index (χ0n) is 13.5. The van der Waals surface area contributed by atoms with E-state index < -0.39 is 10.9 Å². The highest BCUT2D eigenvalue weighted by atomic mass is 35.5. The van der Waals surface area contributed by atoms with Crippen molar-refractivity contribution in [1.82, 2.24) is 0 Å². The number of carbonyl (C=O) groups excluding carboxylic acids is 1. The second-order valence-corrected chi connectivity index (χ2v) is 6.94. The van der Waals surface area contributed by atoms with Crippen molar-refractivity contribution in [3.63, 3.8) is 0 Å². The Hall–Kier alpha value is -2.86. The normalized spacial score (nSPS) is 23.0. The van der Waals surface area contributed by atoms with Crippen LogP contribution in [0.4, 0.5) is 11.4 Å². The maximum atomic E-state index is 11.2. The van der Waals surface area contributed by atoms with E-state index in [1.165, 1.54) is 18.2 Å². The Bertz CT molecular complexity index is 957. The zero-order valence-corrected chi connectivity index (χ0v) is 14.3. The van der Waals surface area contributed by atoms with Gasteiger partial charge < -0.3 is 15.2 Å². The van der Waals surface area contributed by atoms with E-state index in [2.05, 4.69) is 17.5 Å². The predicted octanol–water partition coefficient (Wildman–Crippen LogP) is 3.44. The zero-order chi connectivity index (χ0) is 18.4. The van der Waals surface area contributed by atoms with Crippen LogP contribution in [0, 0.1) is 16.0 Å². The Morgan fingerprint density at radius 3 is 2.73 bits per heavy atom. The Morgan fingerprint density at radius 1 is 1.19 bits per heavy atom. The lowest BCUT2D eigenvalue weighted by molar-refractivity contribution is -0.384. The van der Waals surface area contributed by atoms with Crippen molar-refractivity contribution in [3.05, 3.63) is 80.4 Å². The van der Waals surface area contributed by atoms with Gasteiger partial charge in [0.2, 0.25) is 0 Å². The number of benzene rings is 2. The summed E-state index contributed by atoms with van der Waals surface area (Å²) < 4.78 is 0. The molecular weight excluding hydrogens is 356 g/mol. The Balaban J connectivity index is 1.80. The van der Waals surface area contributed by atoms with E-state index in [9.17, 15) is 20.0 Å². The molecule has 1 N–H and O–H groups in total. The summed E-state index contributed by atoms with van der Waals surface area (Å²) in [6.45, 7) is 0. The predicted molar refractivity (Wildman–Crippen MR) is 95.2 cm³/mol. The maximum Gasteiger partial charge on any atom is 0.269 e. The molecule has 0 unspecified atom stereocenters. The molecule has 26 heavy (non-hydrogen) atoms. The van der Waals surface area contributed by atoms with Gasteiger partial charge in [0, 0.05) is 34.3 Å². The summed E-state index contributed by atoms with van der Waals surface area (Å²) in [7, 11) is 0. The molecule has 0 saturated heterocycles. The molecule has 2 aliphatic rings. The quantitative estimate of drug-likeness (QED) is 0.508. The first-order valence-corrected chi connectivity index (χ1v) is 8.56. The third-order valence-electron chi connectivity index (χ3n) is 5.12. The number of nitrogens with zero attached hydrogens (tertiary/aromatic N) is 1. The monoisotopic (exact) mass is 369 g/mol. The number of anilines is 1. The molecule has 7 heteroatoms. The summed E-state index contributed by atoms with van der Waals surface area (Å²) in [5.74, 6) is -1.10. The topological polar surface area (TPSA) is 95.3 Å². The first-order chi connectivity index (χ1) is 12.5. The van der Waals surface area contributed by atoms with Gasteiger partial charge in [0.15, 0.2) is 0 Å². The van der Waals surface area contributed by atoms with Crippen LogP contribution in [0.15, 0.2) is 48.6 Å². The minimum absolute atomic E-state index is 0.00759. The summed E-state index contributed by atoms with van der Waals surface area (Å²) in [5.41, 5.74) is 2.50. The number of non-ortho nitro benzene ring substituents is 1. The van der Waals surface area contributed by atoms with Gasteiger partial charge in [-0.2, -0.15) is 0 Å². The fourth-order valence-electron chi connectivity index (χ4n) is 3.91. The van der Waals surface area contributed by atoms with Gasteiger partial charge in [-0.3, -0.25) is 10.1 Å². The number of aromatic carboxylic acids is 1. The number of nitro groups is 1. The smallest absolute Gasteiger partial charge is 0.269 e. The highest BCUT2D eigenvalue weighted by Gasteiger charge is 2.39. The molecule has 4 rings (SSSR count). The Kier molecular flexibility index (Phi) is 3.92. The molecular formula is C19H14ClN2O4-. The van der Waals surface area contributed by atoms with Gasteiger partial charge in [-0.05, 0) is 41.7 Å². The number of carbonyl (C=O) groups is 1. The number of halogens is 1. The molecule has 1 aliphatic carbocycles. The fourth-order valence-corrected chi connectivity index (χ4v) is 4.15. The van der Waals surface area contributed by atoms with Crippen molar-refractivity contribution in [3.8, 4) is 0 Å². The molecule has 0 spiro atoms. The first-order valence-electron chi connectivity index (χ1n) is 8.18. The molecule has 2 aromatic rings. The van der Waals surface area contributed by atoms with Crippen LogP contribution in [0.2, 0.25) is 5.02 Å². The van der Waals surface area contributed by atoms with Crippen molar-refractivity contribution >= 4 is 28.9 Å². The molecule has 1 heterocycles. The average Bonchev–Trinajstić information content (AvgIpc) is 3.11. The highest BCUT2D eigenvalue weighted by Crippen LogP contribution is 2.51.